The fourth-order valence-electron chi connectivity index (χ4n) is 3.22. The van der Waals surface area contributed by atoms with Gasteiger partial charge in [0.05, 0.1) is 0 Å². The molecule has 2 aliphatic heterocycles. The summed E-state index contributed by atoms with van der Waals surface area (Å²) in [6.45, 7) is 1.30. The molecule has 0 spiro atoms. The third kappa shape index (κ3) is 0.868. The second-order valence-electron chi connectivity index (χ2n) is 4.67. The Morgan fingerprint density at radius 2 is 1.82 bits per heavy atom. The van der Waals surface area contributed by atoms with Crippen LogP contribution in [-0.2, 0) is 0 Å². The molecule has 2 heterocycles. The highest BCUT2D eigenvalue weighted by atomic mass is 14.9. The van der Waals surface area contributed by atoms with E-state index in [1.807, 2.05) is 0 Å². The van der Waals surface area contributed by atoms with E-state index in [0.29, 0.717) is 0 Å². The smallest absolute Gasteiger partial charge is 0.00725 e. The first-order valence-corrected chi connectivity index (χ1v) is 5.17. The first-order valence-electron chi connectivity index (χ1n) is 5.17. The van der Waals surface area contributed by atoms with Crippen LogP contribution in [0.25, 0.3) is 0 Å². The molecule has 0 aromatic carbocycles. The second kappa shape index (κ2) is 2.22. The van der Waals surface area contributed by atoms with Crippen LogP contribution in [-0.4, -0.2) is 12.6 Å². The summed E-state index contributed by atoms with van der Waals surface area (Å²) in [5, 5.41) is 3.64. The standard InChI is InChI=1S/C10H17N/c1-2-10-7(1)3-4-11-9-5-8(10)6-9/h7-11H,1-6H2/t7-,8?,9?,10?/m0/s1. The zero-order valence-electron chi connectivity index (χ0n) is 7.05. The maximum atomic E-state index is 3.64. The normalized spacial score (nSPS) is 54.5. The van der Waals surface area contributed by atoms with Gasteiger partial charge in [0.2, 0.25) is 0 Å². The van der Waals surface area contributed by atoms with Crippen LogP contribution < -0.4 is 5.32 Å². The Hall–Kier alpha value is -0.0400. The molecule has 62 valence electrons. The van der Waals surface area contributed by atoms with Gasteiger partial charge >= 0.3 is 0 Å². The first kappa shape index (κ1) is 6.47. The molecule has 1 N–H and O–H groups in total. The van der Waals surface area contributed by atoms with Gasteiger partial charge in [-0.25, -0.2) is 0 Å². The molecule has 4 fully saturated rings. The summed E-state index contributed by atoms with van der Waals surface area (Å²) in [6.07, 6.45) is 7.57. The molecule has 2 bridgehead atoms. The summed E-state index contributed by atoms with van der Waals surface area (Å²) >= 11 is 0. The maximum absolute atomic E-state index is 3.64. The molecule has 0 aromatic heterocycles. The van der Waals surface area contributed by atoms with E-state index in [1.165, 1.54) is 32.2 Å². The molecule has 2 aliphatic carbocycles. The minimum Gasteiger partial charge on any atom is -0.314 e. The number of hydrogen-bond donors (Lipinski definition) is 1. The van der Waals surface area contributed by atoms with E-state index in [2.05, 4.69) is 5.32 Å². The second-order valence-corrected chi connectivity index (χ2v) is 4.67. The van der Waals surface area contributed by atoms with Crippen LogP contribution in [0.3, 0.4) is 0 Å². The van der Waals surface area contributed by atoms with Crippen molar-refractivity contribution in [2.24, 2.45) is 17.8 Å². The molecule has 11 heavy (non-hydrogen) atoms. The fourth-order valence-corrected chi connectivity index (χ4v) is 3.22. The van der Waals surface area contributed by atoms with Crippen LogP contribution >= 0.6 is 0 Å². The maximum Gasteiger partial charge on any atom is 0.00725 e. The zero-order valence-corrected chi connectivity index (χ0v) is 7.05. The van der Waals surface area contributed by atoms with Crippen molar-refractivity contribution in [3.8, 4) is 0 Å². The predicted molar refractivity (Wildman–Crippen MR) is 45.3 cm³/mol. The van der Waals surface area contributed by atoms with Crippen molar-refractivity contribution in [2.75, 3.05) is 6.54 Å². The molecule has 1 nitrogen and oxygen atoms in total. The topological polar surface area (TPSA) is 12.0 Å². The first-order chi connectivity index (χ1) is 5.43. The van der Waals surface area contributed by atoms with E-state index in [1.54, 1.807) is 6.42 Å². The molecule has 0 amide bonds. The monoisotopic (exact) mass is 151 g/mol. The SMILES string of the molecule is C1C[C@@H]2CCC2C2CC(C2)N1. The minimum absolute atomic E-state index is 0.918. The van der Waals surface area contributed by atoms with Crippen LogP contribution in [0.4, 0.5) is 0 Å². The van der Waals surface area contributed by atoms with Crippen LogP contribution in [0.2, 0.25) is 0 Å². The Morgan fingerprint density at radius 1 is 0.909 bits per heavy atom. The number of fused-ring (bicyclic) bond motifs is 2. The molecular weight excluding hydrogens is 134 g/mol. The van der Waals surface area contributed by atoms with E-state index in [4.69, 9.17) is 0 Å². The van der Waals surface area contributed by atoms with Crippen molar-refractivity contribution < 1.29 is 0 Å². The van der Waals surface area contributed by atoms with Crippen molar-refractivity contribution in [3.63, 3.8) is 0 Å². The van der Waals surface area contributed by atoms with E-state index in [0.717, 1.165) is 23.8 Å². The molecule has 4 aliphatic rings. The number of nitrogens with one attached hydrogen (secondary N) is 1. The van der Waals surface area contributed by atoms with E-state index in [-0.39, 0.29) is 0 Å². The van der Waals surface area contributed by atoms with Gasteiger partial charge in [0.25, 0.3) is 0 Å². The Morgan fingerprint density at radius 3 is 2.55 bits per heavy atom. The lowest BCUT2D eigenvalue weighted by molar-refractivity contribution is 0.0117. The highest BCUT2D eigenvalue weighted by Gasteiger charge is 2.44. The molecule has 2 saturated carbocycles. The van der Waals surface area contributed by atoms with Crippen LogP contribution in [0.5, 0.6) is 0 Å². The zero-order chi connectivity index (χ0) is 7.26. The van der Waals surface area contributed by atoms with Crippen molar-refractivity contribution in [3.05, 3.63) is 0 Å². The van der Waals surface area contributed by atoms with Gasteiger partial charge in [0, 0.05) is 6.04 Å². The third-order valence-corrected chi connectivity index (χ3v) is 4.20. The molecule has 4 rings (SSSR count). The van der Waals surface area contributed by atoms with Crippen molar-refractivity contribution in [1.82, 2.24) is 5.32 Å². The Balaban J connectivity index is 1.72. The van der Waals surface area contributed by atoms with Crippen LogP contribution in [0, 0.1) is 17.8 Å². The quantitative estimate of drug-likeness (QED) is 0.556. The number of hydrogen-bond acceptors (Lipinski definition) is 1. The van der Waals surface area contributed by atoms with Gasteiger partial charge in [-0.15, -0.1) is 0 Å². The lowest BCUT2D eigenvalue weighted by atomic mass is 9.58. The van der Waals surface area contributed by atoms with E-state index in [9.17, 15) is 0 Å². The van der Waals surface area contributed by atoms with Crippen molar-refractivity contribution in [2.45, 2.75) is 38.1 Å². The van der Waals surface area contributed by atoms with Gasteiger partial charge in [0.1, 0.15) is 0 Å². The van der Waals surface area contributed by atoms with Crippen molar-refractivity contribution in [1.29, 1.82) is 0 Å². The fraction of sp³-hybridized carbons (Fsp3) is 1.00. The largest absolute Gasteiger partial charge is 0.314 e. The molecule has 1 heteroatoms. The summed E-state index contributed by atoms with van der Waals surface area (Å²) in [7, 11) is 0. The molecule has 2 atom stereocenters. The summed E-state index contributed by atoms with van der Waals surface area (Å²) in [5.41, 5.74) is 0. The van der Waals surface area contributed by atoms with Gasteiger partial charge < -0.3 is 5.32 Å². The highest BCUT2D eigenvalue weighted by Crippen LogP contribution is 2.50. The molecule has 1 unspecified atom stereocenters. The highest BCUT2D eigenvalue weighted by molar-refractivity contribution is 4.97. The summed E-state index contributed by atoms with van der Waals surface area (Å²) in [4.78, 5) is 0. The van der Waals surface area contributed by atoms with Gasteiger partial charge in [-0.05, 0) is 56.4 Å². The predicted octanol–water partition coefficient (Wildman–Crippen LogP) is 1.78. The molecule has 0 aromatic rings. The number of rotatable bonds is 0. The molecule has 2 saturated heterocycles. The lowest BCUT2D eigenvalue weighted by Gasteiger charge is -2.51. The average Bonchev–Trinajstić information content (AvgIpc) is 1.85. The average molecular weight is 151 g/mol. The van der Waals surface area contributed by atoms with Crippen molar-refractivity contribution >= 4 is 0 Å². The summed E-state index contributed by atoms with van der Waals surface area (Å²) in [5.74, 6) is 3.41. The minimum atomic E-state index is 0.918. The van der Waals surface area contributed by atoms with E-state index < -0.39 is 0 Å². The Bertz CT molecular complexity index is 156. The van der Waals surface area contributed by atoms with Gasteiger partial charge in [0.15, 0.2) is 0 Å². The third-order valence-electron chi connectivity index (χ3n) is 4.20. The van der Waals surface area contributed by atoms with Crippen LogP contribution in [0.1, 0.15) is 32.1 Å². The lowest BCUT2D eigenvalue weighted by Crippen LogP contribution is -2.51. The summed E-state index contributed by atoms with van der Waals surface area (Å²) in [6, 6.07) is 0.918. The molecular formula is C10H17N. The Labute approximate surface area is 68.6 Å². The molecule has 0 radical (unpaired) electrons. The Kier molecular flexibility index (Phi) is 1.31. The van der Waals surface area contributed by atoms with Crippen LogP contribution in [0.15, 0.2) is 0 Å². The summed E-state index contributed by atoms with van der Waals surface area (Å²) < 4.78 is 0. The van der Waals surface area contributed by atoms with Gasteiger partial charge in [-0.1, -0.05) is 0 Å². The van der Waals surface area contributed by atoms with E-state index >= 15 is 0 Å². The van der Waals surface area contributed by atoms with Gasteiger partial charge in [-0.2, -0.15) is 0 Å². The van der Waals surface area contributed by atoms with Gasteiger partial charge in [-0.3, -0.25) is 0 Å².